The van der Waals surface area contributed by atoms with E-state index in [0.29, 0.717) is 23.6 Å². The molecule has 28 heavy (non-hydrogen) atoms. The average Bonchev–Trinajstić information content (AvgIpc) is 3.17. The molecule has 0 atom stereocenters. The highest BCUT2D eigenvalue weighted by molar-refractivity contribution is 5.96. The second-order valence-corrected chi connectivity index (χ2v) is 7.58. The molecule has 0 spiro atoms. The molecule has 5 nitrogen and oxygen atoms in total. The van der Waals surface area contributed by atoms with E-state index in [4.69, 9.17) is 9.15 Å². The second-order valence-electron chi connectivity index (χ2n) is 7.58. The topological polar surface area (TPSA) is 55.6 Å². The standard InChI is InChI=1S/C23H26N2O3/c1-25(15-16-7-6-10-19(13-16)27-2)23(26)18-11-12-20-21(14-18)28-22(24-20)17-8-4-3-5-9-17/h6-7,10-14,17H,3-5,8-9,15H2,1-2H3. The van der Waals surface area contributed by atoms with Gasteiger partial charge in [0.1, 0.15) is 11.3 Å². The third-order valence-electron chi connectivity index (χ3n) is 5.51. The fraction of sp³-hybridized carbons (Fsp3) is 0.391. The number of carbonyl (C=O) groups is 1. The number of carbonyl (C=O) groups excluding carboxylic acids is 1. The van der Waals surface area contributed by atoms with Crippen molar-refractivity contribution in [2.45, 2.75) is 44.6 Å². The zero-order valence-electron chi connectivity index (χ0n) is 16.5. The molecule has 0 bridgehead atoms. The van der Waals surface area contributed by atoms with Gasteiger partial charge < -0.3 is 14.1 Å². The van der Waals surface area contributed by atoms with E-state index in [1.165, 1.54) is 19.3 Å². The van der Waals surface area contributed by atoms with Crippen molar-refractivity contribution in [3.05, 3.63) is 59.5 Å². The highest BCUT2D eigenvalue weighted by Crippen LogP contribution is 2.33. The van der Waals surface area contributed by atoms with Crippen molar-refractivity contribution in [1.82, 2.24) is 9.88 Å². The monoisotopic (exact) mass is 378 g/mol. The lowest BCUT2D eigenvalue weighted by atomic mass is 9.89. The normalized spacial score (nSPS) is 14.9. The van der Waals surface area contributed by atoms with Crippen LogP contribution in [0.2, 0.25) is 0 Å². The maximum absolute atomic E-state index is 12.9. The predicted octanol–water partition coefficient (Wildman–Crippen LogP) is 5.16. The fourth-order valence-electron chi connectivity index (χ4n) is 3.94. The molecule has 0 saturated heterocycles. The summed E-state index contributed by atoms with van der Waals surface area (Å²) in [6, 6.07) is 13.3. The number of nitrogens with zero attached hydrogens (tertiary/aromatic N) is 2. The van der Waals surface area contributed by atoms with Gasteiger partial charge in [-0.2, -0.15) is 0 Å². The molecule has 1 aliphatic rings. The van der Waals surface area contributed by atoms with Crippen LogP contribution in [0, 0.1) is 0 Å². The summed E-state index contributed by atoms with van der Waals surface area (Å²) in [7, 11) is 3.45. The molecule has 5 heteroatoms. The molecule has 1 aromatic heterocycles. The van der Waals surface area contributed by atoms with E-state index in [1.54, 1.807) is 19.1 Å². The average molecular weight is 378 g/mol. The Kier molecular flexibility index (Phi) is 5.33. The van der Waals surface area contributed by atoms with Crippen molar-refractivity contribution in [3.63, 3.8) is 0 Å². The molecular weight excluding hydrogens is 352 g/mol. The zero-order valence-corrected chi connectivity index (χ0v) is 16.5. The van der Waals surface area contributed by atoms with Crippen molar-refractivity contribution in [2.24, 2.45) is 0 Å². The zero-order chi connectivity index (χ0) is 19.5. The van der Waals surface area contributed by atoms with Crippen molar-refractivity contribution >= 4 is 17.0 Å². The lowest BCUT2D eigenvalue weighted by Crippen LogP contribution is -2.26. The quantitative estimate of drug-likeness (QED) is 0.616. The molecule has 1 fully saturated rings. The van der Waals surface area contributed by atoms with Crippen LogP contribution in [0.3, 0.4) is 0 Å². The Morgan fingerprint density at radius 1 is 1.18 bits per heavy atom. The van der Waals surface area contributed by atoms with E-state index in [1.807, 2.05) is 42.5 Å². The van der Waals surface area contributed by atoms with Crippen LogP contribution in [0.1, 0.15) is 59.8 Å². The van der Waals surface area contributed by atoms with E-state index in [2.05, 4.69) is 4.98 Å². The third kappa shape index (κ3) is 3.88. The van der Waals surface area contributed by atoms with Crippen LogP contribution >= 0.6 is 0 Å². The maximum atomic E-state index is 12.9. The van der Waals surface area contributed by atoms with Crippen LogP contribution in [0.25, 0.3) is 11.1 Å². The maximum Gasteiger partial charge on any atom is 0.254 e. The van der Waals surface area contributed by atoms with Gasteiger partial charge in [0.2, 0.25) is 0 Å². The van der Waals surface area contributed by atoms with Gasteiger partial charge in [-0.05, 0) is 48.7 Å². The van der Waals surface area contributed by atoms with Crippen LogP contribution in [0.15, 0.2) is 46.9 Å². The minimum absolute atomic E-state index is 0.0414. The number of benzene rings is 2. The molecule has 4 rings (SSSR count). The molecule has 1 saturated carbocycles. The number of amides is 1. The molecule has 1 heterocycles. The summed E-state index contributed by atoms with van der Waals surface area (Å²) in [6.45, 7) is 0.512. The van der Waals surface area contributed by atoms with Gasteiger partial charge in [-0.3, -0.25) is 4.79 Å². The summed E-state index contributed by atoms with van der Waals surface area (Å²) in [5, 5.41) is 0. The largest absolute Gasteiger partial charge is 0.497 e. The second kappa shape index (κ2) is 8.05. The lowest BCUT2D eigenvalue weighted by Gasteiger charge is -2.18. The van der Waals surface area contributed by atoms with Crippen LogP contribution in [0.5, 0.6) is 5.75 Å². The molecule has 146 valence electrons. The molecule has 0 radical (unpaired) electrons. The number of methoxy groups -OCH3 is 1. The Labute approximate surface area is 165 Å². The molecule has 0 unspecified atom stereocenters. The van der Waals surface area contributed by atoms with E-state index in [-0.39, 0.29) is 5.91 Å². The minimum Gasteiger partial charge on any atom is -0.497 e. The lowest BCUT2D eigenvalue weighted by molar-refractivity contribution is 0.0785. The molecule has 3 aromatic rings. The summed E-state index contributed by atoms with van der Waals surface area (Å²) in [6.07, 6.45) is 6.06. The summed E-state index contributed by atoms with van der Waals surface area (Å²) < 4.78 is 11.3. The minimum atomic E-state index is -0.0414. The Balaban J connectivity index is 1.51. The first-order valence-corrected chi connectivity index (χ1v) is 9.93. The fourth-order valence-corrected chi connectivity index (χ4v) is 3.94. The number of hydrogen-bond donors (Lipinski definition) is 0. The molecule has 1 amide bonds. The molecule has 0 aliphatic heterocycles. The third-order valence-corrected chi connectivity index (χ3v) is 5.51. The summed E-state index contributed by atoms with van der Waals surface area (Å²) in [4.78, 5) is 19.3. The van der Waals surface area contributed by atoms with E-state index < -0.39 is 0 Å². The van der Waals surface area contributed by atoms with Gasteiger partial charge in [0.25, 0.3) is 5.91 Å². The van der Waals surface area contributed by atoms with Gasteiger partial charge in [-0.1, -0.05) is 31.4 Å². The van der Waals surface area contributed by atoms with Gasteiger partial charge in [0.15, 0.2) is 11.5 Å². The first kappa shape index (κ1) is 18.5. The van der Waals surface area contributed by atoms with E-state index in [0.717, 1.165) is 35.6 Å². The van der Waals surface area contributed by atoms with Crippen molar-refractivity contribution in [1.29, 1.82) is 0 Å². The van der Waals surface area contributed by atoms with Crippen molar-refractivity contribution in [3.8, 4) is 5.75 Å². The Bertz CT molecular complexity index is 973. The molecule has 0 N–H and O–H groups in total. The Morgan fingerprint density at radius 2 is 2.00 bits per heavy atom. The first-order chi connectivity index (χ1) is 13.6. The highest BCUT2D eigenvalue weighted by atomic mass is 16.5. The van der Waals surface area contributed by atoms with Crippen molar-refractivity contribution < 1.29 is 13.9 Å². The van der Waals surface area contributed by atoms with Crippen molar-refractivity contribution in [2.75, 3.05) is 14.2 Å². The smallest absolute Gasteiger partial charge is 0.254 e. The predicted molar refractivity (Wildman–Crippen MR) is 109 cm³/mol. The van der Waals surface area contributed by atoms with Gasteiger partial charge in [0.05, 0.1) is 7.11 Å². The van der Waals surface area contributed by atoms with Gasteiger partial charge in [0, 0.05) is 25.1 Å². The van der Waals surface area contributed by atoms with Crippen LogP contribution < -0.4 is 4.74 Å². The van der Waals surface area contributed by atoms with E-state index in [9.17, 15) is 4.79 Å². The molecular formula is C23H26N2O3. The number of ether oxygens (including phenoxy) is 1. The Morgan fingerprint density at radius 3 is 2.79 bits per heavy atom. The van der Waals surface area contributed by atoms with Gasteiger partial charge >= 0.3 is 0 Å². The Hall–Kier alpha value is -2.82. The summed E-state index contributed by atoms with van der Waals surface area (Å²) in [5.41, 5.74) is 3.16. The van der Waals surface area contributed by atoms with Gasteiger partial charge in [-0.25, -0.2) is 4.98 Å². The number of aromatic nitrogens is 1. The number of oxazole rings is 1. The van der Waals surface area contributed by atoms with Gasteiger partial charge in [-0.15, -0.1) is 0 Å². The molecule has 2 aromatic carbocycles. The van der Waals surface area contributed by atoms with Crippen LogP contribution in [-0.4, -0.2) is 29.9 Å². The summed E-state index contributed by atoms with van der Waals surface area (Å²) in [5.74, 6) is 1.98. The highest BCUT2D eigenvalue weighted by Gasteiger charge is 2.21. The number of hydrogen-bond acceptors (Lipinski definition) is 4. The van der Waals surface area contributed by atoms with Crippen LogP contribution in [-0.2, 0) is 6.54 Å². The van der Waals surface area contributed by atoms with E-state index >= 15 is 0 Å². The number of rotatable bonds is 5. The molecule has 1 aliphatic carbocycles. The first-order valence-electron chi connectivity index (χ1n) is 9.93. The summed E-state index contributed by atoms with van der Waals surface area (Å²) >= 11 is 0. The SMILES string of the molecule is COc1cccc(CN(C)C(=O)c2ccc3nc(C4CCCCC4)oc3c2)c1. The van der Waals surface area contributed by atoms with Crippen LogP contribution in [0.4, 0.5) is 0 Å². The number of fused-ring (bicyclic) bond motifs is 1.